The third kappa shape index (κ3) is 1.50. The van der Waals surface area contributed by atoms with Gasteiger partial charge in [-0.05, 0) is 26.3 Å². The third-order valence-corrected chi connectivity index (χ3v) is 2.66. The molecule has 0 atom stereocenters. The summed E-state index contributed by atoms with van der Waals surface area (Å²) in [4.78, 5) is 0. The van der Waals surface area contributed by atoms with Crippen LogP contribution in [-0.4, -0.2) is 25.8 Å². The van der Waals surface area contributed by atoms with Crippen molar-refractivity contribution in [2.45, 2.75) is 31.7 Å². The molecular formula is C8H17NO. The molecule has 0 saturated carbocycles. The lowest BCUT2D eigenvalue weighted by Crippen LogP contribution is -2.46. The van der Waals surface area contributed by atoms with Crippen LogP contribution in [-0.2, 0) is 4.74 Å². The molecule has 1 N–H and O–H groups in total. The zero-order chi connectivity index (χ0) is 7.45. The second-order valence-electron chi connectivity index (χ2n) is 3.00. The quantitative estimate of drug-likeness (QED) is 0.626. The standard InChI is InChI=1S/C8H17NO/c1-3-8(9-2)4-6-10-7-5-8/h9H,3-7H2,1-2H3. The number of hydrogen-bond donors (Lipinski definition) is 1. The zero-order valence-electron chi connectivity index (χ0n) is 6.94. The SMILES string of the molecule is CCC1(NC)CCOCC1. The summed E-state index contributed by atoms with van der Waals surface area (Å²) < 4.78 is 5.29. The van der Waals surface area contributed by atoms with Gasteiger partial charge in [-0.25, -0.2) is 0 Å². The highest BCUT2D eigenvalue weighted by atomic mass is 16.5. The first-order valence-corrected chi connectivity index (χ1v) is 4.10. The summed E-state index contributed by atoms with van der Waals surface area (Å²) in [5.41, 5.74) is 0.387. The second kappa shape index (κ2) is 3.35. The molecule has 0 aliphatic carbocycles. The average Bonchev–Trinajstić information content (AvgIpc) is 2.06. The molecule has 1 aliphatic heterocycles. The first kappa shape index (κ1) is 8.02. The molecule has 1 aliphatic rings. The number of nitrogens with one attached hydrogen (secondary N) is 1. The molecule has 1 saturated heterocycles. The van der Waals surface area contributed by atoms with Crippen molar-refractivity contribution in [1.82, 2.24) is 5.32 Å². The van der Waals surface area contributed by atoms with E-state index in [2.05, 4.69) is 19.3 Å². The molecule has 2 nitrogen and oxygen atoms in total. The Balaban J connectivity index is 2.44. The Bertz CT molecular complexity index is 91.4. The van der Waals surface area contributed by atoms with E-state index >= 15 is 0 Å². The maximum Gasteiger partial charge on any atom is 0.0483 e. The molecule has 0 amide bonds. The molecule has 0 aromatic rings. The molecule has 0 spiro atoms. The summed E-state index contributed by atoms with van der Waals surface area (Å²) in [5.74, 6) is 0. The molecule has 0 radical (unpaired) electrons. The fraction of sp³-hybridized carbons (Fsp3) is 1.00. The lowest BCUT2D eigenvalue weighted by Gasteiger charge is -2.36. The first-order valence-electron chi connectivity index (χ1n) is 4.10. The van der Waals surface area contributed by atoms with Crippen molar-refractivity contribution in [1.29, 1.82) is 0 Å². The third-order valence-electron chi connectivity index (χ3n) is 2.66. The molecule has 0 bridgehead atoms. The van der Waals surface area contributed by atoms with Gasteiger partial charge in [0.1, 0.15) is 0 Å². The number of ether oxygens (including phenoxy) is 1. The Hall–Kier alpha value is -0.0800. The second-order valence-corrected chi connectivity index (χ2v) is 3.00. The summed E-state index contributed by atoms with van der Waals surface area (Å²) in [6.45, 7) is 4.09. The van der Waals surface area contributed by atoms with Gasteiger partial charge in [0.05, 0.1) is 0 Å². The topological polar surface area (TPSA) is 21.3 Å². The summed E-state index contributed by atoms with van der Waals surface area (Å²) in [6, 6.07) is 0. The molecule has 10 heavy (non-hydrogen) atoms. The molecular weight excluding hydrogens is 126 g/mol. The van der Waals surface area contributed by atoms with Crippen LogP contribution in [0.2, 0.25) is 0 Å². The Labute approximate surface area is 63.0 Å². The minimum absolute atomic E-state index is 0.387. The monoisotopic (exact) mass is 143 g/mol. The van der Waals surface area contributed by atoms with E-state index in [1.807, 2.05) is 0 Å². The zero-order valence-corrected chi connectivity index (χ0v) is 6.94. The normalized spacial score (nSPS) is 24.6. The van der Waals surface area contributed by atoms with Gasteiger partial charge in [-0.2, -0.15) is 0 Å². The molecule has 1 heterocycles. The van der Waals surface area contributed by atoms with E-state index in [-0.39, 0.29) is 0 Å². The van der Waals surface area contributed by atoms with Crippen molar-refractivity contribution < 1.29 is 4.74 Å². The van der Waals surface area contributed by atoms with Gasteiger partial charge < -0.3 is 10.1 Å². The van der Waals surface area contributed by atoms with Gasteiger partial charge in [-0.1, -0.05) is 6.92 Å². The summed E-state index contributed by atoms with van der Waals surface area (Å²) in [7, 11) is 2.05. The highest BCUT2D eigenvalue weighted by Crippen LogP contribution is 2.22. The van der Waals surface area contributed by atoms with Crippen molar-refractivity contribution in [2.75, 3.05) is 20.3 Å². The van der Waals surface area contributed by atoms with Gasteiger partial charge in [0.15, 0.2) is 0 Å². The number of hydrogen-bond acceptors (Lipinski definition) is 2. The molecule has 0 aromatic carbocycles. The van der Waals surface area contributed by atoms with E-state index in [0.29, 0.717) is 5.54 Å². The first-order chi connectivity index (χ1) is 4.83. The lowest BCUT2D eigenvalue weighted by molar-refractivity contribution is 0.0397. The predicted octanol–water partition coefficient (Wildman–Crippen LogP) is 1.17. The highest BCUT2D eigenvalue weighted by molar-refractivity contribution is 4.87. The Morgan fingerprint density at radius 1 is 1.40 bits per heavy atom. The minimum atomic E-state index is 0.387. The maximum atomic E-state index is 5.29. The summed E-state index contributed by atoms with van der Waals surface area (Å²) in [6.07, 6.45) is 3.55. The van der Waals surface area contributed by atoms with Crippen molar-refractivity contribution >= 4 is 0 Å². The van der Waals surface area contributed by atoms with Crippen molar-refractivity contribution in [3.63, 3.8) is 0 Å². The molecule has 60 valence electrons. The van der Waals surface area contributed by atoms with E-state index in [4.69, 9.17) is 4.74 Å². The van der Waals surface area contributed by atoms with E-state index in [9.17, 15) is 0 Å². The van der Waals surface area contributed by atoms with Crippen LogP contribution in [0.15, 0.2) is 0 Å². The Kier molecular flexibility index (Phi) is 2.69. The predicted molar refractivity (Wildman–Crippen MR) is 42.1 cm³/mol. The van der Waals surface area contributed by atoms with Crippen LogP contribution in [0.5, 0.6) is 0 Å². The van der Waals surface area contributed by atoms with Crippen molar-refractivity contribution in [3.8, 4) is 0 Å². The van der Waals surface area contributed by atoms with E-state index < -0.39 is 0 Å². The van der Waals surface area contributed by atoms with Gasteiger partial charge in [-0.15, -0.1) is 0 Å². The Morgan fingerprint density at radius 2 is 2.00 bits per heavy atom. The van der Waals surface area contributed by atoms with E-state index in [0.717, 1.165) is 13.2 Å². The van der Waals surface area contributed by atoms with Crippen molar-refractivity contribution in [3.05, 3.63) is 0 Å². The van der Waals surface area contributed by atoms with Crippen LogP contribution in [0.4, 0.5) is 0 Å². The van der Waals surface area contributed by atoms with Gasteiger partial charge in [0.2, 0.25) is 0 Å². The van der Waals surface area contributed by atoms with Gasteiger partial charge in [0, 0.05) is 18.8 Å². The summed E-state index contributed by atoms with van der Waals surface area (Å²) in [5, 5.41) is 3.39. The molecule has 1 rings (SSSR count). The smallest absolute Gasteiger partial charge is 0.0483 e. The fourth-order valence-electron chi connectivity index (χ4n) is 1.54. The van der Waals surface area contributed by atoms with Crippen LogP contribution in [0.25, 0.3) is 0 Å². The van der Waals surface area contributed by atoms with Crippen LogP contribution < -0.4 is 5.32 Å². The summed E-state index contributed by atoms with van der Waals surface area (Å²) >= 11 is 0. The average molecular weight is 143 g/mol. The largest absolute Gasteiger partial charge is 0.381 e. The van der Waals surface area contributed by atoms with Crippen LogP contribution in [0.1, 0.15) is 26.2 Å². The molecule has 0 aromatic heterocycles. The van der Waals surface area contributed by atoms with Gasteiger partial charge >= 0.3 is 0 Å². The van der Waals surface area contributed by atoms with Crippen LogP contribution in [0, 0.1) is 0 Å². The minimum Gasteiger partial charge on any atom is -0.381 e. The van der Waals surface area contributed by atoms with Gasteiger partial charge in [0.25, 0.3) is 0 Å². The maximum absolute atomic E-state index is 5.29. The molecule has 0 unspecified atom stereocenters. The van der Waals surface area contributed by atoms with Crippen LogP contribution in [0.3, 0.4) is 0 Å². The lowest BCUT2D eigenvalue weighted by atomic mass is 9.88. The number of rotatable bonds is 2. The Morgan fingerprint density at radius 3 is 2.30 bits per heavy atom. The molecule has 1 fully saturated rings. The van der Waals surface area contributed by atoms with E-state index in [1.165, 1.54) is 19.3 Å². The van der Waals surface area contributed by atoms with Crippen molar-refractivity contribution in [2.24, 2.45) is 0 Å². The highest BCUT2D eigenvalue weighted by Gasteiger charge is 2.28. The van der Waals surface area contributed by atoms with Crippen LogP contribution >= 0.6 is 0 Å². The molecule has 2 heteroatoms. The van der Waals surface area contributed by atoms with Gasteiger partial charge in [-0.3, -0.25) is 0 Å². The van der Waals surface area contributed by atoms with E-state index in [1.54, 1.807) is 0 Å². The fourth-order valence-corrected chi connectivity index (χ4v) is 1.54.